The van der Waals surface area contributed by atoms with Crippen molar-refractivity contribution in [1.82, 2.24) is 14.9 Å². The lowest BCUT2D eigenvalue weighted by molar-refractivity contribution is -0.117. The highest BCUT2D eigenvalue weighted by Gasteiger charge is 2.11. The molecule has 0 aliphatic rings. The molecule has 7 nitrogen and oxygen atoms in total. The van der Waals surface area contributed by atoms with Gasteiger partial charge in [0.05, 0.1) is 5.69 Å². The minimum absolute atomic E-state index is 0.204. The molecule has 0 aliphatic heterocycles. The molecule has 3 aromatic rings. The normalized spacial score (nSPS) is 10.6. The summed E-state index contributed by atoms with van der Waals surface area (Å²) in [4.78, 5) is 24.0. The van der Waals surface area contributed by atoms with Crippen LogP contribution in [0, 0.1) is 13.8 Å². The zero-order valence-corrected chi connectivity index (χ0v) is 13.3. The summed E-state index contributed by atoms with van der Waals surface area (Å²) in [6.45, 7) is 3.48. The van der Waals surface area contributed by atoms with Crippen LogP contribution in [0.3, 0.4) is 0 Å². The van der Waals surface area contributed by atoms with Crippen LogP contribution in [0.5, 0.6) is 0 Å². The van der Waals surface area contributed by atoms with Crippen LogP contribution < -0.4 is 10.9 Å². The molecule has 0 aliphatic carbocycles. The maximum absolute atomic E-state index is 12.1. The Labute approximate surface area is 137 Å². The molecule has 1 N–H and O–H groups in total. The van der Waals surface area contributed by atoms with E-state index in [4.69, 9.17) is 4.52 Å². The molecule has 2 heterocycles. The molecule has 0 saturated carbocycles. The van der Waals surface area contributed by atoms with E-state index >= 15 is 0 Å². The molecule has 24 heavy (non-hydrogen) atoms. The van der Waals surface area contributed by atoms with Crippen molar-refractivity contribution in [2.45, 2.75) is 20.4 Å². The summed E-state index contributed by atoms with van der Waals surface area (Å²) in [7, 11) is 0. The lowest BCUT2D eigenvalue weighted by atomic mass is 10.1. The van der Waals surface area contributed by atoms with Gasteiger partial charge >= 0.3 is 0 Å². The summed E-state index contributed by atoms with van der Waals surface area (Å²) in [6.07, 6.45) is 0. The second kappa shape index (κ2) is 6.49. The van der Waals surface area contributed by atoms with Crippen molar-refractivity contribution < 1.29 is 9.32 Å². The number of nitrogens with zero attached hydrogens (tertiary/aromatic N) is 3. The summed E-state index contributed by atoms with van der Waals surface area (Å²) >= 11 is 0. The van der Waals surface area contributed by atoms with Crippen molar-refractivity contribution in [2.24, 2.45) is 0 Å². The van der Waals surface area contributed by atoms with E-state index in [0.29, 0.717) is 17.3 Å². The molecule has 0 spiro atoms. The molecular weight excluding hydrogens is 308 g/mol. The predicted molar refractivity (Wildman–Crippen MR) is 88.5 cm³/mol. The first-order valence-corrected chi connectivity index (χ1v) is 7.40. The molecule has 7 heteroatoms. The summed E-state index contributed by atoms with van der Waals surface area (Å²) in [5, 5.41) is 10.5. The number of hydrogen-bond acceptors (Lipinski definition) is 5. The number of carbonyl (C=O) groups excluding carboxylic acids is 1. The van der Waals surface area contributed by atoms with Gasteiger partial charge in [-0.15, -0.1) is 0 Å². The first-order chi connectivity index (χ1) is 11.5. The molecule has 1 amide bonds. The molecule has 0 saturated heterocycles. The fraction of sp³-hybridized carbons (Fsp3) is 0.176. The van der Waals surface area contributed by atoms with E-state index in [0.717, 1.165) is 15.8 Å². The van der Waals surface area contributed by atoms with Crippen LogP contribution in [0.4, 0.5) is 5.82 Å². The van der Waals surface area contributed by atoms with E-state index in [1.54, 1.807) is 19.1 Å². The number of anilines is 1. The Kier molecular flexibility index (Phi) is 4.24. The molecule has 0 radical (unpaired) electrons. The molecule has 0 fully saturated rings. The van der Waals surface area contributed by atoms with Gasteiger partial charge in [0.2, 0.25) is 5.91 Å². The van der Waals surface area contributed by atoms with E-state index in [1.165, 1.54) is 6.07 Å². The molecule has 0 atom stereocenters. The smallest absolute Gasteiger partial charge is 0.267 e. The Hall–Kier alpha value is -3.22. The average molecular weight is 324 g/mol. The molecule has 1 aromatic carbocycles. The van der Waals surface area contributed by atoms with Crippen LogP contribution in [-0.4, -0.2) is 20.8 Å². The number of carbonyl (C=O) groups is 1. The molecular formula is C17H16N4O3. The van der Waals surface area contributed by atoms with Gasteiger partial charge in [0.25, 0.3) is 5.56 Å². The van der Waals surface area contributed by atoms with Crippen LogP contribution in [-0.2, 0) is 11.3 Å². The number of aromatic nitrogens is 3. The van der Waals surface area contributed by atoms with Crippen LogP contribution >= 0.6 is 0 Å². The Balaban J connectivity index is 1.83. The predicted octanol–water partition coefficient (Wildman–Crippen LogP) is 2.15. The lowest BCUT2D eigenvalue weighted by Gasteiger charge is -2.08. The van der Waals surface area contributed by atoms with Gasteiger partial charge in [-0.05, 0) is 25.5 Å². The van der Waals surface area contributed by atoms with E-state index < -0.39 is 5.91 Å². The Morgan fingerprint density at radius 2 is 2.00 bits per heavy atom. The molecule has 2 aromatic heterocycles. The third-order valence-electron chi connectivity index (χ3n) is 3.48. The van der Waals surface area contributed by atoms with Crippen molar-refractivity contribution in [3.63, 3.8) is 0 Å². The van der Waals surface area contributed by atoms with Crippen molar-refractivity contribution in [3.8, 4) is 11.3 Å². The summed E-state index contributed by atoms with van der Waals surface area (Å²) in [5.41, 5.74) is 2.24. The highest BCUT2D eigenvalue weighted by molar-refractivity contribution is 5.89. The van der Waals surface area contributed by atoms with Crippen LogP contribution in [0.1, 0.15) is 11.3 Å². The van der Waals surface area contributed by atoms with Gasteiger partial charge in [-0.3, -0.25) is 9.59 Å². The fourth-order valence-electron chi connectivity index (χ4n) is 2.31. The first-order valence-electron chi connectivity index (χ1n) is 7.40. The second-order valence-electron chi connectivity index (χ2n) is 5.40. The topological polar surface area (TPSA) is 90.0 Å². The molecule has 122 valence electrons. The number of nitrogens with one attached hydrogen (secondary N) is 1. The maximum Gasteiger partial charge on any atom is 0.267 e. The number of rotatable bonds is 4. The minimum Gasteiger partial charge on any atom is -0.360 e. The summed E-state index contributed by atoms with van der Waals surface area (Å²) < 4.78 is 6.01. The fourth-order valence-corrected chi connectivity index (χ4v) is 2.31. The van der Waals surface area contributed by atoms with Gasteiger partial charge in [-0.25, -0.2) is 4.68 Å². The van der Waals surface area contributed by atoms with Crippen LogP contribution in [0.2, 0.25) is 0 Å². The van der Waals surface area contributed by atoms with Crippen molar-refractivity contribution >= 4 is 11.7 Å². The molecule has 0 unspecified atom stereocenters. The average Bonchev–Trinajstić information content (AvgIpc) is 2.95. The standard InChI is InChI=1S/C17H16N4O3/c1-11-5-3-4-6-13(11)14-7-8-17(23)21(19-14)10-16(22)18-15-9-12(2)24-20-15/h3-9H,10H2,1-2H3,(H,18,20,22). The highest BCUT2D eigenvalue weighted by atomic mass is 16.5. The molecule has 0 bridgehead atoms. The summed E-state index contributed by atoms with van der Waals surface area (Å²) in [5.74, 6) is 0.489. The zero-order valence-electron chi connectivity index (χ0n) is 13.3. The Morgan fingerprint density at radius 3 is 2.71 bits per heavy atom. The number of amides is 1. The second-order valence-corrected chi connectivity index (χ2v) is 5.40. The quantitative estimate of drug-likeness (QED) is 0.794. The summed E-state index contributed by atoms with van der Waals surface area (Å²) in [6, 6.07) is 12.4. The van der Waals surface area contributed by atoms with Crippen LogP contribution in [0.15, 0.2) is 51.8 Å². The third kappa shape index (κ3) is 3.40. The third-order valence-corrected chi connectivity index (χ3v) is 3.48. The number of aryl methyl sites for hydroxylation is 2. The van der Waals surface area contributed by atoms with Crippen molar-refractivity contribution in [2.75, 3.05) is 5.32 Å². The zero-order chi connectivity index (χ0) is 17.1. The minimum atomic E-state index is -0.403. The molecule has 3 rings (SSSR count). The van der Waals surface area contributed by atoms with E-state index in [-0.39, 0.29) is 12.1 Å². The first kappa shape index (κ1) is 15.7. The van der Waals surface area contributed by atoms with Crippen molar-refractivity contribution in [3.05, 3.63) is 64.1 Å². The van der Waals surface area contributed by atoms with Crippen LogP contribution in [0.25, 0.3) is 11.3 Å². The van der Waals surface area contributed by atoms with Crippen molar-refractivity contribution in [1.29, 1.82) is 0 Å². The van der Waals surface area contributed by atoms with E-state index in [2.05, 4.69) is 15.6 Å². The Morgan fingerprint density at radius 1 is 1.21 bits per heavy atom. The van der Waals surface area contributed by atoms with E-state index in [9.17, 15) is 9.59 Å². The SMILES string of the molecule is Cc1cc(NC(=O)Cn2nc(-c3ccccc3C)ccc2=O)no1. The van der Waals surface area contributed by atoms with Gasteiger partial charge in [-0.2, -0.15) is 5.10 Å². The van der Waals surface area contributed by atoms with E-state index in [1.807, 2.05) is 31.2 Å². The maximum atomic E-state index is 12.1. The van der Waals surface area contributed by atoms with Gasteiger partial charge in [0.1, 0.15) is 12.3 Å². The number of hydrogen-bond donors (Lipinski definition) is 1. The monoisotopic (exact) mass is 324 g/mol. The largest absolute Gasteiger partial charge is 0.360 e. The Bertz CT molecular complexity index is 943. The number of benzene rings is 1. The van der Waals surface area contributed by atoms with Gasteiger partial charge in [0, 0.05) is 17.7 Å². The lowest BCUT2D eigenvalue weighted by Crippen LogP contribution is -2.29. The highest BCUT2D eigenvalue weighted by Crippen LogP contribution is 2.19. The van der Waals surface area contributed by atoms with Gasteiger partial charge < -0.3 is 9.84 Å². The van der Waals surface area contributed by atoms with Gasteiger partial charge in [0.15, 0.2) is 5.82 Å². The van der Waals surface area contributed by atoms with Gasteiger partial charge in [-0.1, -0.05) is 29.4 Å².